The van der Waals surface area contributed by atoms with Crippen molar-refractivity contribution in [3.8, 4) is 0 Å². The second kappa shape index (κ2) is 7.58. The number of carboxylic acids is 2. The molecule has 2 atom stereocenters. The first-order chi connectivity index (χ1) is 9.82. The van der Waals surface area contributed by atoms with Crippen LogP contribution in [0.3, 0.4) is 0 Å². The van der Waals surface area contributed by atoms with E-state index in [4.69, 9.17) is 15.9 Å². The lowest BCUT2D eigenvalue weighted by Gasteiger charge is -2.22. The Labute approximate surface area is 121 Å². The van der Waals surface area contributed by atoms with E-state index in [2.05, 4.69) is 5.32 Å². The third-order valence-electron chi connectivity index (χ3n) is 3.28. The molecule has 1 fully saturated rings. The number of nitrogens with zero attached hydrogens (tertiary/aromatic N) is 1. The van der Waals surface area contributed by atoms with Gasteiger partial charge in [0.15, 0.2) is 0 Å². The second-order valence-corrected chi connectivity index (χ2v) is 4.84. The van der Waals surface area contributed by atoms with Crippen LogP contribution in [-0.2, 0) is 19.2 Å². The van der Waals surface area contributed by atoms with Crippen molar-refractivity contribution in [1.29, 1.82) is 0 Å². The molecule has 9 heteroatoms. The number of aliphatic carboxylic acids is 2. The van der Waals surface area contributed by atoms with Crippen molar-refractivity contribution in [2.24, 2.45) is 5.73 Å². The summed E-state index contributed by atoms with van der Waals surface area (Å²) in [5.74, 6) is -3.24. The molecule has 1 rings (SSSR count). The smallest absolute Gasteiger partial charge is 0.326 e. The van der Waals surface area contributed by atoms with E-state index in [0.717, 1.165) is 0 Å². The summed E-state index contributed by atoms with van der Waals surface area (Å²) in [4.78, 5) is 46.0. The SMILES string of the molecule is NC(CCC(=O)O)C(=O)NCC(=O)N1CCCC1C(=O)O. The number of carbonyl (C=O) groups is 4. The van der Waals surface area contributed by atoms with Gasteiger partial charge in [-0.3, -0.25) is 14.4 Å². The Balaban J connectivity index is 2.40. The van der Waals surface area contributed by atoms with Gasteiger partial charge in [0, 0.05) is 13.0 Å². The van der Waals surface area contributed by atoms with Crippen LogP contribution in [0.15, 0.2) is 0 Å². The van der Waals surface area contributed by atoms with Gasteiger partial charge in [0.25, 0.3) is 0 Å². The van der Waals surface area contributed by atoms with Gasteiger partial charge in [0.05, 0.1) is 12.6 Å². The van der Waals surface area contributed by atoms with Gasteiger partial charge >= 0.3 is 11.9 Å². The van der Waals surface area contributed by atoms with Gasteiger partial charge in [-0.15, -0.1) is 0 Å². The summed E-state index contributed by atoms with van der Waals surface area (Å²) in [6.45, 7) is 0.000122. The van der Waals surface area contributed by atoms with E-state index in [1.165, 1.54) is 4.90 Å². The van der Waals surface area contributed by atoms with Crippen LogP contribution in [0.4, 0.5) is 0 Å². The van der Waals surface area contributed by atoms with Crippen molar-refractivity contribution in [3.63, 3.8) is 0 Å². The van der Waals surface area contributed by atoms with Crippen molar-refractivity contribution in [3.05, 3.63) is 0 Å². The standard InChI is InChI=1S/C12H19N3O6/c13-7(3-4-10(17)18)11(19)14-6-9(16)15-5-1-2-8(15)12(20)21/h7-8H,1-6,13H2,(H,14,19)(H,17,18)(H,20,21). The molecule has 1 saturated heterocycles. The number of carboxylic acid groups (broad SMARTS) is 2. The molecule has 0 aromatic carbocycles. The molecule has 0 saturated carbocycles. The fraction of sp³-hybridized carbons (Fsp3) is 0.667. The average molecular weight is 301 g/mol. The first-order valence-corrected chi connectivity index (χ1v) is 6.60. The summed E-state index contributed by atoms with van der Waals surface area (Å²) >= 11 is 0. The zero-order chi connectivity index (χ0) is 16.0. The maximum absolute atomic E-state index is 11.9. The third kappa shape index (κ3) is 5.03. The van der Waals surface area contributed by atoms with E-state index >= 15 is 0 Å². The summed E-state index contributed by atoms with van der Waals surface area (Å²) in [5, 5.41) is 19.7. The van der Waals surface area contributed by atoms with Crippen LogP contribution in [-0.4, -0.2) is 64.0 Å². The molecule has 0 aromatic heterocycles. The summed E-state index contributed by atoms with van der Waals surface area (Å²) < 4.78 is 0. The molecule has 9 nitrogen and oxygen atoms in total. The minimum absolute atomic E-state index is 0.0309. The van der Waals surface area contributed by atoms with Crippen LogP contribution in [0.5, 0.6) is 0 Å². The molecular formula is C12H19N3O6. The highest BCUT2D eigenvalue weighted by atomic mass is 16.4. The predicted molar refractivity (Wildman–Crippen MR) is 70.2 cm³/mol. The van der Waals surface area contributed by atoms with E-state index in [1.807, 2.05) is 0 Å². The van der Waals surface area contributed by atoms with Crippen molar-refractivity contribution in [1.82, 2.24) is 10.2 Å². The Morgan fingerprint density at radius 1 is 1.29 bits per heavy atom. The fourth-order valence-electron chi connectivity index (χ4n) is 2.13. The van der Waals surface area contributed by atoms with E-state index in [1.54, 1.807) is 0 Å². The lowest BCUT2D eigenvalue weighted by molar-refractivity contribution is -0.148. The molecule has 1 aliphatic heterocycles. The van der Waals surface area contributed by atoms with E-state index in [0.29, 0.717) is 19.4 Å². The molecule has 0 aromatic rings. The quantitative estimate of drug-likeness (QED) is 0.441. The molecule has 0 spiro atoms. The number of rotatable bonds is 7. The van der Waals surface area contributed by atoms with E-state index in [-0.39, 0.29) is 19.4 Å². The van der Waals surface area contributed by atoms with E-state index < -0.39 is 35.8 Å². The van der Waals surface area contributed by atoms with Crippen LogP contribution in [0, 0.1) is 0 Å². The molecule has 118 valence electrons. The number of carbonyl (C=O) groups excluding carboxylic acids is 2. The number of hydrogen-bond donors (Lipinski definition) is 4. The molecule has 1 aliphatic rings. The Morgan fingerprint density at radius 2 is 1.95 bits per heavy atom. The molecule has 0 aliphatic carbocycles. The topological polar surface area (TPSA) is 150 Å². The van der Waals surface area contributed by atoms with Gasteiger partial charge in [0.1, 0.15) is 6.04 Å². The Hall–Kier alpha value is -2.16. The maximum Gasteiger partial charge on any atom is 0.326 e. The number of nitrogens with two attached hydrogens (primary N) is 1. The predicted octanol–water partition coefficient (Wildman–Crippen LogP) is -1.63. The monoisotopic (exact) mass is 301 g/mol. The molecule has 5 N–H and O–H groups in total. The number of amides is 2. The van der Waals surface area contributed by atoms with Crippen molar-refractivity contribution < 1.29 is 29.4 Å². The molecule has 0 bridgehead atoms. The summed E-state index contributed by atoms with van der Waals surface area (Å²) in [7, 11) is 0. The molecule has 2 unspecified atom stereocenters. The first kappa shape index (κ1) is 16.9. The number of hydrogen-bond acceptors (Lipinski definition) is 5. The third-order valence-corrected chi connectivity index (χ3v) is 3.28. The fourth-order valence-corrected chi connectivity index (χ4v) is 2.13. The van der Waals surface area contributed by atoms with Gasteiger partial charge in [-0.1, -0.05) is 0 Å². The molecule has 21 heavy (non-hydrogen) atoms. The normalized spacial score (nSPS) is 19.1. The molecular weight excluding hydrogens is 282 g/mol. The Morgan fingerprint density at radius 3 is 2.52 bits per heavy atom. The summed E-state index contributed by atoms with van der Waals surface area (Å²) in [6, 6.07) is -1.86. The van der Waals surface area contributed by atoms with Crippen LogP contribution in [0.1, 0.15) is 25.7 Å². The van der Waals surface area contributed by atoms with Gasteiger partial charge < -0.3 is 26.2 Å². The molecule has 0 radical (unpaired) electrons. The van der Waals surface area contributed by atoms with E-state index in [9.17, 15) is 19.2 Å². The van der Waals surface area contributed by atoms with Crippen LogP contribution in [0.25, 0.3) is 0 Å². The van der Waals surface area contributed by atoms with Gasteiger partial charge in [-0.25, -0.2) is 4.79 Å². The summed E-state index contributed by atoms with van der Waals surface area (Å²) in [5.41, 5.74) is 5.49. The Kier molecular flexibility index (Phi) is 6.10. The highest BCUT2D eigenvalue weighted by Crippen LogP contribution is 2.17. The largest absolute Gasteiger partial charge is 0.481 e. The van der Waals surface area contributed by atoms with Crippen molar-refractivity contribution >= 4 is 23.8 Å². The highest BCUT2D eigenvalue weighted by Gasteiger charge is 2.33. The second-order valence-electron chi connectivity index (χ2n) is 4.84. The zero-order valence-corrected chi connectivity index (χ0v) is 11.4. The highest BCUT2D eigenvalue weighted by molar-refractivity contribution is 5.89. The lowest BCUT2D eigenvalue weighted by atomic mass is 10.1. The number of likely N-dealkylation sites (tertiary alicyclic amines) is 1. The molecule has 2 amide bonds. The van der Waals surface area contributed by atoms with Crippen LogP contribution >= 0.6 is 0 Å². The van der Waals surface area contributed by atoms with Gasteiger partial charge in [-0.2, -0.15) is 0 Å². The van der Waals surface area contributed by atoms with Crippen molar-refractivity contribution in [2.75, 3.05) is 13.1 Å². The van der Waals surface area contributed by atoms with Gasteiger partial charge in [0.2, 0.25) is 11.8 Å². The zero-order valence-electron chi connectivity index (χ0n) is 11.4. The Bertz CT molecular complexity index is 439. The van der Waals surface area contributed by atoms with Gasteiger partial charge in [-0.05, 0) is 19.3 Å². The van der Waals surface area contributed by atoms with Crippen LogP contribution in [0.2, 0.25) is 0 Å². The molecule has 1 heterocycles. The average Bonchev–Trinajstić information content (AvgIpc) is 2.91. The summed E-state index contributed by atoms with van der Waals surface area (Å²) in [6.07, 6.45) is 0.731. The number of nitrogens with one attached hydrogen (secondary N) is 1. The first-order valence-electron chi connectivity index (χ1n) is 6.60. The van der Waals surface area contributed by atoms with Crippen LogP contribution < -0.4 is 11.1 Å². The minimum atomic E-state index is -1.06. The minimum Gasteiger partial charge on any atom is -0.481 e. The maximum atomic E-state index is 11.9. The lowest BCUT2D eigenvalue weighted by Crippen LogP contribution is -2.48. The van der Waals surface area contributed by atoms with Crippen molar-refractivity contribution in [2.45, 2.75) is 37.8 Å².